The van der Waals surface area contributed by atoms with Crippen molar-refractivity contribution in [2.45, 2.75) is 18.9 Å². The number of likely N-dealkylation sites (tertiary alicyclic amines) is 1. The Hall–Kier alpha value is -0.250. The number of piperidine rings is 1. The summed E-state index contributed by atoms with van der Waals surface area (Å²) in [5.41, 5.74) is 0. The summed E-state index contributed by atoms with van der Waals surface area (Å²) in [6.07, 6.45) is 1.67. The van der Waals surface area contributed by atoms with Crippen LogP contribution < -0.4 is 5.32 Å². The van der Waals surface area contributed by atoms with Gasteiger partial charge in [-0.3, -0.25) is 0 Å². The molecule has 0 aromatic heterocycles. The first kappa shape index (κ1) is 16.1. The molecule has 0 aromatic carbocycles. The molecule has 0 aliphatic carbocycles. The summed E-state index contributed by atoms with van der Waals surface area (Å²) >= 11 is 0. The highest BCUT2D eigenvalue weighted by atomic mass is 32.2. The lowest BCUT2D eigenvalue weighted by Gasteiger charge is -2.39. The van der Waals surface area contributed by atoms with Crippen molar-refractivity contribution in [1.82, 2.24) is 18.8 Å². The Labute approximate surface area is 121 Å². The van der Waals surface area contributed by atoms with Crippen molar-refractivity contribution in [3.63, 3.8) is 0 Å². The Kier molecular flexibility index (Phi) is 5.76. The van der Waals surface area contributed by atoms with E-state index < -0.39 is 10.2 Å². The third kappa shape index (κ3) is 3.69. The third-order valence-electron chi connectivity index (χ3n) is 4.11. The van der Waals surface area contributed by atoms with E-state index in [2.05, 4.69) is 17.3 Å². The van der Waals surface area contributed by atoms with Crippen molar-refractivity contribution >= 4 is 10.2 Å². The molecule has 118 valence electrons. The van der Waals surface area contributed by atoms with Crippen LogP contribution in [0, 0.1) is 0 Å². The smallest absolute Gasteiger partial charge is 0.282 e. The van der Waals surface area contributed by atoms with Gasteiger partial charge in [0, 0.05) is 38.8 Å². The van der Waals surface area contributed by atoms with Crippen molar-refractivity contribution in [1.29, 1.82) is 0 Å². The summed E-state index contributed by atoms with van der Waals surface area (Å²) < 4.78 is 28.6. The van der Waals surface area contributed by atoms with Gasteiger partial charge >= 0.3 is 0 Å². The van der Waals surface area contributed by atoms with Crippen LogP contribution in [0.5, 0.6) is 0 Å². The third-order valence-corrected chi connectivity index (χ3v) is 6.21. The van der Waals surface area contributed by atoms with Crippen LogP contribution in [0.15, 0.2) is 0 Å². The second-order valence-electron chi connectivity index (χ2n) is 5.53. The maximum absolute atomic E-state index is 12.8. The second-order valence-corrected chi connectivity index (χ2v) is 7.41. The molecule has 0 radical (unpaired) electrons. The largest absolute Gasteiger partial charge is 0.395 e. The minimum atomic E-state index is -3.46. The fourth-order valence-corrected chi connectivity index (χ4v) is 4.73. The van der Waals surface area contributed by atoms with E-state index in [1.165, 1.54) is 8.61 Å². The molecule has 20 heavy (non-hydrogen) atoms. The lowest BCUT2D eigenvalue weighted by atomic mass is 10.1. The van der Waals surface area contributed by atoms with Crippen LogP contribution in [0.3, 0.4) is 0 Å². The van der Waals surface area contributed by atoms with Gasteiger partial charge in [0.05, 0.1) is 6.61 Å². The predicted molar refractivity (Wildman–Crippen MR) is 77.7 cm³/mol. The van der Waals surface area contributed by atoms with Crippen molar-refractivity contribution < 1.29 is 13.5 Å². The van der Waals surface area contributed by atoms with Crippen molar-refractivity contribution in [2.24, 2.45) is 0 Å². The number of piperazine rings is 1. The average Bonchev–Trinajstić information content (AvgIpc) is 2.47. The zero-order valence-electron chi connectivity index (χ0n) is 12.2. The van der Waals surface area contributed by atoms with E-state index in [0.29, 0.717) is 26.2 Å². The number of aliphatic hydroxyl groups excluding tert-OH is 1. The summed E-state index contributed by atoms with van der Waals surface area (Å²) in [5.74, 6) is 0. The number of hydrogen-bond donors (Lipinski definition) is 2. The van der Waals surface area contributed by atoms with E-state index in [4.69, 9.17) is 0 Å². The van der Waals surface area contributed by atoms with Gasteiger partial charge in [0.1, 0.15) is 0 Å². The van der Waals surface area contributed by atoms with E-state index in [0.717, 1.165) is 25.9 Å². The molecule has 2 saturated heterocycles. The second kappa shape index (κ2) is 7.15. The van der Waals surface area contributed by atoms with E-state index in [-0.39, 0.29) is 19.2 Å². The maximum Gasteiger partial charge on any atom is 0.282 e. The Balaban J connectivity index is 2.09. The summed E-state index contributed by atoms with van der Waals surface area (Å²) in [6.45, 7) is 4.29. The Morgan fingerprint density at radius 1 is 1.20 bits per heavy atom. The number of nitrogens with one attached hydrogen (secondary N) is 1. The van der Waals surface area contributed by atoms with Gasteiger partial charge < -0.3 is 15.3 Å². The minimum Gasteiger partial charge on any atom is -0.395 e. The molecule has 7 nitrogen and oxygen atoms in total. The Morgan fingerprint density at radius 3 is 2.35 bits per heavy atom. The van der Waals surface area contributed by atoms with Gasteiger partial charge in [-0.15, -0.1) is 0 Å². The fourth-order valence-electron chi connectivity index (χ4n) is 2.89. The first-order valence-electron chi connectivity index (χ1n) is 7.32. The molecule has 2 heterocycles. The molecule has 0 atom stereocenters. The molecule has 0 bridgehead atoms. The first-order chi connectivity index (χ1) is 9.55. The molecule has 0 spiro atoms. The first-order valence-corrected chi connectivity index (χ1v) is 8.72. The van der Waals surface area contributed by atoms with Crippen LogP contribution in [0.2, 0.25) is 0 Å². The van der Waals surface area contributed by atoms with Crippen LogP contribution in [0.25, 0.3) is 0 Å². The highest BCUT2D eigenvalue weighted by molar-refractivity contribution is 7.86. The Bertz CT molecular complexity index is 390. The van der Waals surface area contributed by atoms with Gasteiger partial charge in [-0.05, 0) is 33.0 Å². The van der Waals surface area contributed by atoms with Gasteiger partial charge in [0.2, 0.25) is 0 Å². The van der Waals surface area contributed by atoms with Crippen LogP contribution in [-0.2, 0) is 10.2 Å². The molecule has 2 fully saturated rings. The van der Waals surface area contributed by atoms with Crippen LogP contribution in [0.4, 0.5) is 0 Å². The average molecular weight is 306 g/mol. The summed E-state index contributed by atoms with van der Waals surface area (Å²) in [7, 11) is -1.40. The predicted octanol–water partition coefficient (Wildman–Crippen LogP) is -1.48. The van der Waals surface area contributed by atoms with Crippen LogP contribution in [-0.4, -0.2) is 92.5 Å². The van der Waals surface area contributed by atoms with E-state index in [1.54, 1.807) is 0 Å². The fraction of sp³-hybridized carbons (Fsp3) is 1.00. The van der Waals surface area contributed by atoms with E-state index in [9.17, 15) is 13.5 Å². The van der Waals surface area contributed by atoms with Gasteiger partial charge in [-0.25, -0.2) is 0 Å². The van der Waals surface area contributed by atoms with Crippen molar-refractivity contribution in [2.75, 3.05) is 59.5 Å². The number of rotatable bonds is 5. The number of nitrogens with zero attached hydrogens (tertiary/aromatic N) is 3. The molecule has 2 aliphatic heterocycles. The number of aliphatic hydroxyl groups is 1. The number of hydrogen-bond acceptors (Lipinski definition) is 5. The van der Waals surface area contributed by atoms with E-state index >= 15 is 0 Å². The van der Waals surface area contributed by atoms with Gasteiger partial charge in [-0.2, -0.15) is 17.0 Å². The van der Waals surface area contributed by atoms with Gasteiger partial charge in [-0.1, -0.05) is 0 Å². The minimum absolute atomic E-state index is 0.0123. The molecule has 2 N–H and O–H groups in total. The highest BCUT2D eigenvalue weighted by Crippen LogP contribution is 2.21. The molecular weight excluding hydrogens is 280 g/mol. The van der Waals surface area contributed by atoms with Crippen molar-refractivity contribution in [3.8, 4) is 0 Å². The van der Waals surface area contributed by atoms with Gasteiger partial charge in [0.25, 0.3) is 10.2 Å². The molecule has 0 unspecified atom stereocenters. The summed E-state index contributed by atoms with van der Waals surface area (Å²) in [6, 6.07) is 0.0123. The van der Waals surface area contributed by atoms with Gasteiger partial charge in [0.15, 0.2) is 0 Å². The molecule has 0 aromatic rings. The topological polar surface area (TPSA) is 76.1 Å². The van der Waals surface area contributed by atoms with Crippen molar-refractivity contribution in [3.05, 3.63) is 0 Å². The lowest BCUT2D eigenvalue weighted by Crippen LogP contribution is -2.56. The SMILES string of the molecule is CN1CCC(N(CCO)S(=O)(=O)N2CCNCC2)CC1. The van der Waals surface area contributed by atoms with Crippen LogP contribution in [0.1, 0.15) is 12.8 Å². The highest BCUT2D eigenvalue weighted by Gasteiger charge is 2.36. The lowest BCUT2D eigenvalue weighted by molar-refractivity contribution is 0.153. The molecule has 0 amide bonds. The monoisotopic (exact) mass is 306 g/mol. The molecule has 8 heteroatoms. The molecular formula is C12H26N4O3S. The Morgan fingerprint density at radius 2 is 1.80 bits per heavy atom. The molecule has 2 aliphatic rings. The summed E-state index contributed by atoms with van der Waals surface area (Å²) in [4.78, 5) is 2.21. The maximum atomic E-state index is 12.8. The van der Waals surface area contributed by atoms with Crippen LogP contribution >= 0.6 is 0 Å². The standard InChI is InChI=1S/C12H26N4O3S/c1-14-6-2-12(3-7-14)16(10-11-17)20(18,19)15-8-4-13-5-9-15/h12-13,17H,2-11H2,1H3. The zero-order valence-corrected chi connectivity index (χ0v) is 13.0. The molecule has 2 rings (SSSR count). The normalized spacial score (nSPS) is 24.4. The molecule has 0 saturated carbocycles. The zero-order chi connectivity index (χ0) is 14.6. The quantitative estimate of drug-likeness (QED) is 0.648. The summed E-state index contributed by atoms with van der Waals surface area (Å²) in [5, 5.41) is 12.4. The van der Waals surface area contributed by atoms with E-state index in [1.807, 2.05) is 0 Å².